The number of carboxylic acids is 1. The lowest BCUT2D eigenvalue weighted by molar-refractivity contribution is 0.0666. The van der Waals surface area contributed by atoms with Gasteiger partial charge in [0.2, 0.25) is 0 Å². The van der Waals surface area contributed by atoms with Crippen LogP contribution >= 0.6 is 0 Å². The molecule has 0 amide bonds. The molecule has 1 fully saturated rings. The maximum Gasteiger partial charge on any atom is 0.354 e. The monoisotopic (exact) mass is 250 g/mol. The number of imidazole rings is 1. The second kappa shape index (κ2) is 5.55. The van der Waals surface area contributed by atoms with Crippen molar-refractivity contribution in [1.29, 1.82) is 0 Å². The first-order valence-corrected chi connectivity index (χ1v) is 6.94. The van der Waals surface area contributed by atoms with Crippen molar-refractivity contribution in [3.63, 3.8) is 0 Å². The fourth-order valence-electron chi connectivity index (χ4n) is 3.42. The fourth-order valence-corrected chi connectivity index (χ4v) is 3.42. The summed E-state index contributed by atoms with van der Waals surface area (Å²) < 4.78 is 1.91. The lowest BCUT2D eigenvalue weighted by Gasteiger charge is -2.39. The third-order valence-corrected chi connectivity index (χ3v) is 4.37. The Morgan fingerprint density at radius 2 is 2.00 bits per heavy atom. The van der Waals surface area contributed by atoms with Crippen LogP contribution in [0, 0.1) is 11.8 Å². The first-order valence-electron chi connectivity index (χ1n) is 6.94. The molecular weight excluding hydrogens is 228 g/mol. The van der Waals surface area contributed by atoms with Gasteiger partial charge in [-0.25, -0.2) is 9.78 Å². The van der Waals surface area contributed by atoms with E-state index in [9.17, 15) is 9.90 Å². The van der Waals surface area contributed by atoms with Crippen molar-refractivity contribution in [1.82, 2.24) is 9.55 Å². The zero-order valence-electron chi connectivity index (χ0n) is 11.2. The highest BCUT2D eigenvalue weighted by Crippen LogP contribution is 2.42. The van der Waals surface area contributed by atoms with Crippen molar-refractivity contribution in [2.75, 3.05) is 0 Å². The third-order valence-electron chi connectivity index (χ3n) is 4.37. The molecule has 1 N–H and O–H groups in total. The highest BCUT2D eigenvalue weighted by atomic mass is 16.4. The van der Waals surface area contributed by atoms with Crippen LogP contribution in [0.5, 0.6) is 0 Å². The first kappa shape index (κ1) is 13.1. The Balaban J connectivity index is 2.36. The average Bonchev–Trinajstić information content (AvgIpc) is 2.86. The maximum absolute atomic E-state index is 11.3. The van der Waals surface area contributed by atoms with Crippen molar-refractivity contribution < 1.29 is 9.90 Å². The van der Waals surface area contributed by atoms with Gasteiger partial charge in [-0.2, -0.15) is 0 Å². The Morgan fingerprint density at radius 1 is 1.39 bits per heavy atom. The minimum absolute atomic E-state index is 0.308. The Labute approximate surface area is 108 Å². The van der Waals surface area contributed by atoms with Crippen molar-refractivity contribution in [3.05, 3.63) is 18.2 Å². The number of nitrogens with zero attached hydrogens (tertiary/aromatic N) is 2. The second-order valence-corrected chi connectivity index (χ2v) is 5.25. The molecule has 4 nitrogen and oxygen atoms in total. The summed E-state index contributed by atoms with van der Waals surface area (Å²) in [6, 6.07) is 0.308. The van der Waals surface area contributed by atoms with Crippen molar-refractivity contribution in [3.8, 4) is 0 Å². The van der Waals surface area contributed by atoms with Gasteiger partial charge in [0.05, 0.1) is 12.5 Å². The molecule has 0 aromatic carbocycles. The third kappa shape index (κ3) is 2.28. The average molecular weight is 250 g/mol. The van der Waals surface area contributed by atoms with Crippen LogP contribution in [0.3, 0.4) is 0 Å². The van der Waals surface area contributed by atoms with E-state index in [0.717, 1.165) is 12.8 Å². The van der Waals surface area contributed by atoms with Gasteiger partial charge in [-0.05, 0) is 24.7 Å². The lowest BCUT2D eigenvalue weighted by Crippen LogP contribution is -2.32. The molecule has 0 spiro atoms. The van der Waals surface area contributed by atoms with E-state index in [1.54, 1.807) is 6.33 Å². The van der Waals surface area contributed by atoms with Gasteiger partial charge < -0.3 is 9.67 Å². The van der Waals surface area contributed by atoms with Gasteiger partial charge in [0, 0.05) is 6.04 Å². The van der Waals surface area contributed by atoms with Gasteiger partial charge in [0.15, 0.2) is 0 Å². The normalized spacial score (nSPS) is 28.2. The lowest BCUT2D eigenvalue weighted by atomic mass is 9.74. The van der Waals surface area contributed by atoms with Gasteiger partial charge in [-0.1, -0.05) is 33.1 Å². The van der Waals surface area contributed by atoms with Crippen molar-refractivity contribution in [2.24, 2.45) is 11.8 Å². The molecule has 0 saturated heterocycles. The fraction of sp³-hybridized carbons (Fsp3) is 0.714. The molecule has 2 atom stereocenters. The summed E-state index contributed by atoms with van der Waals surface area (Å²) in [5.74, 6) is 0.287. The van der Waals surface area contributed by atoms with E-state index in [0.29, 0.717) is 23.6 Å². The highest BCUT2D eigenvalue weighted by molar-refractivity contribution is 5.85. The van der Waals surface area contributed by atoms with Gasteiger partial charge in [0.25, 0.3) is 0 Å². The van der Waals surface area contributed by atoms with Crippen LogP contribution in [0.4, 0.5) is 0 Å². The highest BCUT2D eigenvalue weighted by Gasteiger charge is 2.34. The number of hydrogen-bond donors (Lipinski definition) is 1. The molecule has 0 radical (unpaired) electrons. The summed E-state index contributed by atoms with van der Waals surface area (Å²) in [7, 11) is 0. The zero-order chi connectivity index (χ0) is 13.1. The number of aromatic carboxylic acids is 1. The minimum Gasteiger partial charge on any atom is -0.477 e. The van der Waals surface area contributed by atoms with Crippen LogP contribution in [0.25, 0.3) is 0 Å². The van der Waals surface area contributed by atoms with Gasteiger partial charge in [-0.15, -0.1) is 0 Å². The number of aromatic nitrogens is 2. The van der Waals surface area contributed by atoms with Crippen LogP contribution in [-0.2, 0) is 0 Å². The predicted molar refractivity (Wildman–Crippen MR) is 69.6 cm³/mol. The molecule has 1 aromatic heterocycles. The maximum atomic E-state index is 11.3. The van der Waals surface area contributed by atoms with Gasteiger partial charge >= 0.3 is 5.97 Å². The second-order valence-electron chi connectivity index (χ2n) is 5.25. The Morgan fingerprint density at radius 3 is 2.50 bits per heavy atom. The van der Waals surface area contributed by atoms with Crippen LogP contribution < -0.4 is 0 Å². The van der Waals surface area contributed by atoms with E-state index >= 15 is 0 Å². The summed E-state index contributed by atoms with van der Waals surface area (Å²) in [5, 5.41) is 9.24. The summed E-state index contributed by atoms with van der Waals surface area (Å²) in [6.45, 7) is 4.40. The summed E-state index contributed by atoms with van der Waals surface area (Å²) in [4.78, 5) is 15.3. The minimum atomic E-state index is -0.872. The van der Waals surface area contributed by atoms with Gasteiger partial charge in [0.1, 0.15) is 5.69 Å². The Hall–Kier alpha value is -1.32. The van der Waals surface area contributed by atoms with E-state index in [1.807, 2.05) is 4.57 Å². The molecule has 18 heavy (non-hydrogen) atoms. The molecule has 100 valence electrons. The molecule has 1 aliphatic rings. The molecule has 0 aliphatic heterocycles. The number of rotatable bonds is 4. The smallest absolute Gasteiger partial charge is 0.354 e. The molecule has 1 saturated carbocycles. The Kier molecular flexibility index (Phi) is 4.04. The summed E-state index contributed by atoms with van der Waals surface area (Å²) in [5.41, 5.74) is 0.332. The SMILES string of the molecule is CCC1CCCC(CC)C1n1cncc1C(=O)O. The van der Waals surface area contributed by atoms with E-state index < -0.39 is 5.97 Å². The first-order chi connectivity index (χ1) is 8.69. The summed E-state index contributed by atoms with van der Waals surface area (Å²) in [6.07, 6.45) is 9.06. The van der Waals surface area contributed by atoms with Crippen molar-refractivity contribution in [2.45, 2.75) is 52.0 Å². The number of hydrogen-bond acceptors (Lipinski definition) is 2. The summed E-state index contributed by atoms with van der Waals surface area (Å²) >= 11 is 0. The predicted octanol–water partition coefficient (Wildman–Crippen LogP) is 3.36. The number of carbonyl (C=O) groups is 1. The number of carboxylic acid groups (broad SMARTS) is 1. The quantitative estimate of drug-likeness (QED) is 0.891. The standard InChI is InChI=1S/C14H22N2O2/c1-3-10-6-5-7-11(4-2)13(10)16-9-15-8-12(16)14(17)18/h8-11,13H,3-7H2,1-2H3,(H,17,18). The van der Waals surface area contributed by atoms with E-state index in [1.165, 1.54) is 25.5 Å². The molecule has 4 heteroatoms. The van der Waals surface area contributed by atoms with Crippen molar-refractivity contribution >= 4 is 5.97 Å². The van der Waals surface area contributed by atoms with Gasteiger partial charge in [-0.3, -0.25) is 0 Å². The zero-order valence-corrected chi connectivity index (χ0v) is 11.2. The topological polar surface area (TPSA) is 55.1 Å². The molecule has 0 bridgehead atoms. The van der Waals surface area contributed by atoms with Crippen LogP contribution in [0.15, 0.2) is 12.5 Å². The van der Waals surface area contributed by atoms with E-state index in [4.69, 9.17) is 0 Å². The molecular formula is C14H22N2O2. The molecule has 1 aromatic rings. The largest absolute Gasteiger partial charge is 0.477 e. The van der Waals surface area contributed by atoms with E-state index in [-0.39, 0.29) is 0 Å². The van der Waals surface area contributed by atoms with Crippen LogP contribution in [0.1, 0.15) is 62.5 Å². The molecule has 2 rings (SSSR count). The molecule has 1 heterocycles. The van der Waals surface area contributed by atoms with E-state index in [2.05, 4.69) is 18.8 Å². The molecule has 2 unspecified atom stereocenters. The Bertz CT molecular complexity index is 402. The molecule has 1 aliphatic carbocycles. The van der Waals surface area contributed by atoms with Crippen LogP contribution in [-0.4, -0.2) is 20.6 Å². The van der Waals surface area contributed by atoms with Crippen LogP contribution in [0.2, 0.25) is 0 Å².